The summed E-state index contributed by atoms with van der Waals surface area (Å²) in [4.78, 5) is 0. The standard InChI is InChI=1S/C19H31NO/c1-5-21-19(9-7-6-8-10-19)18(20-4)14-17-12-15(2)11-16(3)13-17/h11-13,18,20H,5-10,14H2,1-4H3. The third-order valence-electron chi connectivity index (χ3n) is 4.84. The van der Waals surface area contributed by atoms with Crippen LogP contribution in [-0.2, 0) is 11.2 Å². The first-order chi connectivity index (χ1) is 10.1. The van der Waals surface area contributed by atoms with Gasteiger partial charge in [0, 0.05) is 12.6 Å². The Kier molecular flexibility index (Phi) is 5.83. The molecule has 118 valence electrons. The molecule has 0 heterocycles. The second-order valence-corrected chi connectivity index (χ2v) is 6.60. The molecule has 0 spiro atoms. The third kappa shape index (κ3) is 4.08. The summed E-state index contributed by atoms with van der Waals surface area (Å²) in [5.41, 5.74) is 4.17. The van der Waals surface area contributed by atoms with E-state index in [4.69, 9.17) is 4.74 Å². The van der Waals surface area contributed by atoms with Gasteiger partial charge in [0.2, 0.25) is 0 Å². The minimum atomic E-state index is 0.0272. The van der Waals surface area contributed by atoms with E-state index in [1.165, 1.54) is 48.8 Å². The van der Waals surface area contributed by atoms with Crippen molar-refractivity contribution in [3.8, 4) is 0 Å². The molecule has 2 heteroatoms. The van der Waals surface area contributed by atoms with Crippen molar-refractivity contribution in [3.63, 3.8) is 0 Å². The summed E-state index contributed by atoms with van der Waals surface area (Å²) < 4.78 is 6.29. The number of hydrogen-bond acceptors (Lipinski definition) is 2. The van der Waals surface area contributed by atoms with Crippen LogP contribution in [0.15, 0.2) is 18.2 Å². The predicted octanol–water partition coefficient (Wildman–Crippen LogP) is 4.17. The van der Waals surface area contributed by atoms with Crippen LogP contribution in [0, 0.1) is 13.8 Å². The van der Waals surface area contributed by atoms with E-state index in [1.54, 1.807) is 0 Å². The van der Waals surface area contributed by atoms with Crippen molar-refractivity contribution in [2.24, 2.45) is 0 Å². The lowest BCUT2D eigenvalue weighted by Crippen LogP contribution is -2.53. The number of hydrogen-bond donors (Lipinski definition) is 1. The number of aryl methyl sites for hydroxylation is 2. The van der Waals surface area contributed by atoms with E-state index in [9.17, 15) is 0 Å². The van der Waals surface area contributed by atoms with Crippen LogP contribution in [0.2, 0.25) is 0 Å². The Balaban J connectivity index is 2.19. The molecule has 1 aliphatic rings. The first kappa shape index (κ1) is 16.5. The molecule has 0 radical (unpaired) electrons. The van der Waals surface area contributed by atoms with Gasteiger partial charge in [-0.05, 0) is 52.6 Å². The molecule has 1 aromatic carbocycles. The molecule has 1 saturated carbocycles. The maximum atomic E-state index is 6.29. The Labute approximate surface area is 130 Å². The van der Waals surface area contributed by atoms with Crippen LogP contribution in [0.1, 0.15) is 55.7 Å². The normalized spacial score (nSPS) is 19.4. The average molecular weight is 289 g/mol. The predicted molar refractivity (Wildman–Crippen MR) is 89.9 cm³/mol. The van der Waals surface area contributed by atoms with E-state index in [-0.39, 0.29) is 5.60 Å². The quantitative estimate of drug-likeness (QED) is 0.848. The summed E-state index contributed by atoms with van der Waals surface area (Å²) in [6.45, 7) is 7.30. The van der Waals surface area contributed by atoms with Gasteiger partial charge in [-0.3, -0.25) is 0 Å². The molecule has 21 heavy (non-hydrogen) atoms. The first-order valence-electron chi connectivity index (χ1n) is 8.48. The largest absolute Gasteiger partial charge is 0.374 e. The number of nitrogens with one attached hydrogen (secondary N) is 1. The van der Waals surface area contributed by atoms with Gasteiger partial charge in [-0.2, -0.15) is 0 Å². The summed E-state index contributed by atoms with van der Waals surface area (Å²) in [6.07, 6.45) is 7.39. The van der Waals surface area contributed by atoms with E-state index >= 15 is 0 Å². The second kappa shape index (κ2) is 7.42. The number of benzene rings is 1. The monoisotopic (exact) mass is 289 g/mol. The van der Waals surface area contributed by atoms with E-state index in [0.29, 0.717) is 6.04 Å². The summed E-state index contributed by atoms with van der Waals surface area (Å²) in [5.74, 6) is 0. The second-order valence-electron chi connectivity index (χ2n) is 6.60. The Bertz CT molecular complexity index is 423. The molecule has 0 aliphatic heterocycles. The summed E-state index contributed by atoms with van der Waals surface area (Å²) in [7, 11) is 2.09. The van der Waals surface area contributed by atoms with Crippen molar-refractivity contribution in [1.82, 2.24) is 5.32 Å². The van der Waals surface area contributed by atoms with Gasteiger partial charge in [-0.1, -0.05) is 48.6 Å². The van der Waals surface area contributed by atoms with Gasteiger partial charge in [0.25, 0.3) is 0 Å². The Morgan fingerprint density at radius 1 is 1.10 bits per heavy atom. The van der Waals surface area contributed by atoms with Crippen molar-refractivity contribution in [2.45, 2.75) is 70.9 Å². The highest BCUT2D eigenvalue weighted by atomic mass is 16.5. The van der Waals surface area contributed by atoms with E-state index in [0.717, 1.165) is 13.0 Å². The SMILES string of the molecule is CCOC1(C(Cc2cc(C)cc(C)c2)NC)CCCCC1. The Hall–Kier alpha value is -0.860. The molecule has 2 nitrogen and oxygen atoms in total. The fraction of sp³-hybridized carbons (Fsp3) is 0.684. The van der Waals surface area contributed by atoms with Crippen LogP contribution in [0.5, 0.6) is 0 Å². The van der Waals surface area contributed by atoms with Crippen LogP contribution in [0.25, 0.3) is 0 Å². The topological polar surface area (TPSA) is 21.3 Å². The van der Waals surface area contributed by atoms with Gasteiger partial charge in [0.15, 0.2) is 0 Å². The minimum absolute atomic E-state index is 0.0272. The van der Waals surface area contributed by atoms with Crippen molar-refractivity contribution in [1.29, 1.82) is 0 Å². The highest BCUT2D eigenvalue weighted by Gasteiger charge is 2.39. The van der Waals surface area contributed by atoms with E-state index in [2.05, 4.69) is 51.3 Å². The van der Waals surface area contributed by atoms with Gasteiger partial charge in [-0.25, -0.2) is 0 Å². The van der Waals surface area contributed by atoms with Crippen LogP contribution in [0.4, 0.5) is 0 Å². The zero-order chi connectivity index (χ0) is 15.3. The van der Waals surface area contributed by atoms with Gasteiger partial charge in [-0.15, -0.1) is 0 Å². The number of rotatable bonds is 6. The summed E-state index contributed by atoms with van der Waals surface area (Å²) >= 11 is 0. The van der Waals surface area contributed by atoms with Crippen LogP contribution < -0.4 is 5.32 Å². The van der Waals surface area contributed by atoms with Gasteiger partial charge >= 0.3 is 0 Å². The lowest BCUT2D eigenvalue weighted by atomic mass is 9.77. The maximum Gasteiger partial charge on any atom is 0.0837 e. The molecule has 1 unspecified atom stereocenters. The molecule has 0 amide bonds. The molecule has 1 N–H and O–H groups in total. The molecule has 0 bridgehead atoms. The van der Waals surface area contributed by atoms with E-state index in [1.807, 2.05) is 0 Å². The van der Waals surface area contributed by atoms with Crippen molar-refractivity contribution in [2.75, 3.05) is 13.7 Å². The van der Waals surface area contributed by atoms with Crippen LogP contribution in [0.3, 0.4) is 0 Å². The fourth-order valence-electron chi connectivity index (χ4n) is 4.00. The Morgan fingerprint density at radius 3 is 2.24 bits per heavy atom. The average Bonchev–Trinajstić information content (AvgIpc) is 2.45. The molecule has 1 atom stereocenters. The van der Waals surface area contributed by atoms with Crippen LogP contribution >= 0.6 is 0 Å². The zero-order valence-electron chi connectivity index (χ0n) is 14.2. The summed E-state index contributed by atoms with van der Waals surface area (Å²) in [5, 5.41) is 3.56. The van der Waals surface area contributed by atoms with Crippen LogP contribution in [-0.4, -0.2) is 25.3 Å². The highest BCUT2D eigenvalue weighted by molar-refractivity contribution is 5.29. The third-order valence-corrected chi connectivity index (χ3v) is 4.84. The first-order valence-corrected chi connectivity index (χ1v) is 8.48. The molecular weight excluding hydrogens is 258 g/mol. The molecule has 1 fully saturated rings. The number of likely N-dealkylation sites (N-methyl/N-ethyl adjacent to an activating group) is 1. The van der Waals surface area contributed by atoms with Gasteiger partial charge < -0.3 is 10.1 Å². The molecular formula is C19H31NO. The maximum absolute atomic E-state index is 6.29. The minimum Gasteiger partial charge on any atom is -0.374 e. The lowest BCUT2D eigenvalue weighted by Gasteiger charge is -2.43. The van der Waals surface area contributed by atoms with Gasteiger partial charge in [0.1, 0.15) is 0 Å². The van der Waals surface area contributed by atoms with Crippen molar-refractivity contribution in [3.05, 3.63) is 34.9 Å². The number of ether oxygens (including phenoxy) is 1. The molecule has 0 saturated heterocycles. The smallest absolute Gasteiger partial charge is 0.0837 e. The van der Waals surface area contributed by atoms with Crippen molar-refractivity contribution >= 4 is 0 Å². The molecule has 1 aromatic rings. The Morgan fingerprint density at radius 2 is 1.71 bits per heavy atom. The zero-order valence-corrected chi connectivity index (χ0v) is 14.2. The van der Waals surface area contributed by atoms with Crippen molar-refractivity contribution < 1.29 is 4.74 Å². The van der Waals surface area contributed by atoms with E-state index < -0.39 is 0 Å². The van der Waals surface area contributed by atoms with Gasteiger partial charge in [0.05, 0.1) is 5.60 Å². The lowest BCUT2D eigenvalue weighted by molar-refractivity contribution is -0.0883. The highest BCUT2D eigenvalue weighted by Crippen LogP contribution is 2.36. The molecule has 1 aliphatic carbocycles. The molecule has 2 rings (SSSR count). The fourth-order valence-corrected chi connectivity index (χ4v) is 4.00. The molecule has 0 aromatic heterocycles. The summed E-state index contributed by atoms with van der Waals surface area (Å²) in [6, 6.07) is 7.29.